The predicted octanol–water partition coefficient (Wildman–Crippen LogP) is 10.7. The minimum absolute atomic E-state index is 0.440. The van der Waals surface area contributed by atoms with Crippen molar-refractivity contribution in [3.63, 3.8) is 0 Å². The third kappa shape index (κ3) is 5.99. The van der Waals surface area contributed by atoms with Gasteiger partial charge >= 0.3 is 7.12 Å². The molecule has 3 nitrogen and oxygen atoms in total. The van der Waals surface area contributed by atoms with Gasteiger partial charge in [0.1, 0.15) is 0 Å². The highest BCUT2D eigenvalue weighted by Gasteiger charge is 2.25. The van der Waals surface area contributed by atoms with Crippen LogP contribution in [-0.4, -0.2) is 17.2 Å². The summed E-state index contributed by atoms with van der Waals surface area (Å²) in [5, 5.41) is 23.7. The third-order valence-electron chi connectivity index (χ3n) is 9.31. The van der Waals surface area contributed by atoms with E-state index >= 15 is 0 Å². The van der Waals surface area contributed by atoms with E-state index in [4.69, 9.17) is 0 Å². The normalized spacial score (nSPS) is 11.0. The molecule has 4 heteroatoms. The van der Waals surface area contributed by atoms with Gasteiger partial charge < -0.3 is 14.9 Å². The molecule has 0 radical (unpaired) electrons. The number of hydrogen-bond acceptors (Lipinski definition) is 3. The Hall–Kier alpha value is -6.20. The average Bonchev–Trinajstić information content (AvgIpc) is 3.19. The van der Waals surface area contributed by atoms with Gasteiger partial charge in [-0.05, 0) is 85.5 Å². The summed E-state index contributed by atoms with van der Waals surface area (Å²) in [6.07, 6.45) is 0. The predicted molar refractivity (Wildman–Crippen MR) is 210 cm³/mol. The Morgan fingerprint density at radius 2 is 0.940 bits per heavy atom. The molecule has 50 heavy (non-hydrogen) atoms. The summed E-state index contributed by atoms with van der Waals surface area (Å²) in [5.41, 5.74) is 11.6. The first kappa shape index (κ1) is 31.1. The minimum Gasteiger partial charge on any atom is -0.423 e. The molecule has 0 amide bonds. The molecule has 0 saturated carbocycles. The van der Waals surface area contributed by atoms with E-state index in [1.807, 2.05) is 48.5 Å². The molecule has 0 fully saturated rings. The molecule has 0 aromatic heterocycles. The van der Waals surface area contributed by atoms with Crippen molar-refractivity contribution >= 4 is 40.4 Å². The molecular weight excluding hydrogens is 609 g/mol. The Morgan fingerprint density at radius 1 is 0.380 bits per heavy atom. The monoisotopic (exact) mass is 643 g/mol. The second-order valence-corrected chi connectivity index (χ2v) is 12.4. The Labute approximate surface area is 293 Å². The van der Waals surface area contributed by atoms with Crippen LogP contribution < -0.4 is 10.4 Å². The van der Waals surface area contributed by atoms with Gasteiger partial charge in [0.05, 0.1) is 5.69 Å². The van der Waals surface area contributed by atoms with Crippen LogP contribution in [0, 0.1) is 0 Å². The van der Waals surface area contributed by atoms with Gasteiger partial charge in [-0.3, -0.25) is 0 Å². The van der Waals surface area contributed by atoms with Crippen LogP contribution in [0.4, 0.5) is 17.1 Å². The largest absolute Gasteiger partial charge is 0.489 e. The van der Waals surface area contributed by atoms with Crippen molar-refractivity contribution in [1.82, 2.24) is 0 Å². The van der Waals surface area contributed by atoms with Gasteiger partial charge in [-0.1, -0.05) is 164 Å². The van der Waals surface area contributed by atoms with E-state index in [2.05, 4.69) is 144 Å². The van der Waals surface area contributed by atoms with Crippen LogP contribution in [0.2, 0.25) is 0 Å². The fourth-order valence-electron chi connectivity index (χ4n) is 6.96. The number of benzene rings is 8. The van der Waals surface area contributed by atoms with Crippen molar-refractivity contribution in [3.8, 4) is 44.5 Å². The van der Waals surface area contributed by atoms with Crippen LogP contribution in [0.1, 0.15) is 0 Å². The van der Waals surface area contributed by atoms with Crippen molar-refractivity contribution in [2.45, 2.75) is 0 Å². The van der Waals surface area contributed by atoms with Crippen LogP contribution in [0.15, 0.2) is 194 Å². The standard InChI is InChI=1S/C46H34BNO2/c49-47(50)44-24-13-25-45(46(44)37-19-8-3-9-20-37)48(38-28-26-34(27-29-38)33-14-4-1-5-15-33)39-30-31-42(43(32-39)36-16-6-2-7-17-36)41-23-12-21-35-18-10-11-22-40(35)41/h1-32,49-50H. The fraction of sp³-hybridized carbons (Fsp3) is 0. The van der Waals surface area contributed by atoms with E-state index < -0.39 is 7.12 Å². The average molecular weight is 644 g/mol. The molecule has 0 aliphatic heterocycles. The van der Waals surface area contributed by atoms with E-state index in [0.29, 0.717) is 5.46 Å². The molecule has 8 rings (SSSR count). The zero-order chi connectivity index (χ0) is 33.9. The molecule has 8 aromatic carbocycles. The lowest BCUT2D eigenvalue weighted by Crippen LogP contribution is -2.32. The number of rotatable bonds is 8. The van der Waals surface area contributed by atoms with Crippen LogP contribution in [0.3, 0.4) is 0 Å². The zero-order valence-electron chi connectivity index (χ0n) is 27.4. The molecule has 8 aromatic rings. The van der Waals surface area contributed by atoms with E-state index in [0.717, 1.165) is 56.0 Å². The summed E-state index contributed by atoms with van der Waals surface area (Å²) in [4.78, 5) is 2.22. The van der Waals surface area contributed by atoms with Crippen molar-refractivity contribution in [1.29, 1.82) is 0 Å². The molecule has 238 valence electrons. The lowest BCUT2D eigenvalue weighted by atomic mass is 9.74. The van der Waals surface area contributed by atoms with Gasteiger partial charge in [0.25, 0.3) is 0 Å². The highest BCUT2D eigenvalue weighted by molar-refractivity contribution is 6.61. The van der Waals surface area contributed by atoms with Gasteiger partial charge in [-0.25, -0.2) is 0 Å². The van der Waals surface area contributed by atoms with E-state index in [9.17, 15) is 10.0 Å². The fourth-order valence-corrected chi connectivity index (χ4v) is 6.96. The van der Waals surface area contributed by atoms with Gasteiger partial charge in [-0.15, -0.1) is 0 Å². The molecule has 0 aliphatic carbocycles. The molecule has 0 bridgehead atoms. The molecule has 0 aliphatic rings. The Kier molecular flexibility index (Phi) is 8.54. The molecule has 0 spiro atoms. The summed E-state index contributed by atoms with van der Waals surface area (Å²) in [6.45, 7) is 0. The molecule has 0 atom stereocenters. The molecule has 0 saturated heterocycles. The Morgan fingerprint density at radius 3 is 1.64 bits per heavy atom. The maximum atomic E-state index is 10.7. The first-order chi connectivity index (χ1) is 24.7. The quantitative estimate of drug-likeness (QED) is 0.162. The summed E-state index contributed by atoms with van der Waals surface area (Å²) in [7, 11) is -1.65. The molecule has 0 heterocycles. The number of anilines is 3. The third-order valence-corrected chi connectivity index (χ3v) is 9.31. The molecule has 2 N–H and O–H groups in total. The second kappa shape index (κ2) is 13.7. The summed E-state index contributed by atoms with van der Waals surface area (Å²) >= 11 is 0. The van der Waals surface area contributed by atoms with Crippen molar-refractivity contribution < 1.29 is 10.0 Å². The first-order valence-corrected chi connectivity index (χ1v) is 16.8. The summed E-state index contributed by atoms with van der Waals surface area (Å²) < 4.78 is 0. The van der Waals surface area contributed by atoms with E-state index in [1.165, 1.54) is 16.3 Å². The van der Waals surface area contributed by atoms with Crippen molar-refractivity contribution in [2.75, 3.05) is 4.90 Å². The van der Waals surface area contributed by atoms with Gasteiger partial charge in [-0.2, -0.15) is 0 Å². The number of fused-ring (bicyclic) bond motifs is 1. The Balaban J connectivity index is 1.39. The number of hydrogen-bond donors (Lipinski definition) is 2. The second-order valence-electron chi connectivity index (χ2n) is 12.4. The van der Waals surface area contributed by atoms with E-state index in [-0.39, 0.29) is 0 Å². The topological polar surface area (TPSA) is 43.7 Å². The molecular formula is C46H34BNO2. The van der Waals surface area contributed by atoms with E-state index in [1.54, 1.807) is 6.07 Å². The van der Waals surface area contributed by atoms with Gasteiger partial charge in [0.15, 0.2) is 0 Å². The minimum atomic E-state index is -1.65. The molecule has 0 unspecified atom stereocenters. The Bertz CT molecular complexity index is 2390. The van der Waals surface area contributed by atoms with Gasteiger partial charge in [0, 0.05) is 16.9 Å². The maximum absolute atomic E-state index is 10.7. The highest BCUT2D eigenvalue weighted by Crippen LogP contribution is 2.44. The summed E-state index contributed by atoms with van der Waals surface area (Å²) in [6, 6.07) is 66.8. The lowest BCUT2D eigenvalue weighted by molar-refractivity contribution is 0.426. The van der Waals surface area contributed by atoms with Crippen LogP contribution in [0.25, 0.3) is 55.3 Å². The maximum Gasteiger partial charge on any atom is 0.489 e. The van der Waals surface area contributed by atoms with Crippen molar-refractivity contribution in [2.24, 2.45) is 0 Å². The number of nitrogens with zero attached hydrogens (tertiary/aromatic N) is 1. The van der Waals surface area contributed by atoms with Crippen molar-refractivity contribution in [3.05, 3.63) is 194 Å². The SMILES string of the molecule is OB(O)c1cccc(N(c2ccc(-c3ccccc3)cc2)c2ccc(-c3cccc4ccccc34)c(-c3ccccc3)c2)c1-c1ccccc1. The van der Waals surface area contributed by atoms with Crippen LogP contribution >= 0.6 is 0 Å². The first-order valence-electron chi connectivity index (χ1n) is 16.8. The lowest BCUT2D eigenvalue weighted by Gasteiger charge is -2.30. The van der Waals surface area contributed by atoms with Crippen LogP contribution in [-0.2, 0) is 0 Å². The smallest absolute Gasteiger partial charge is 0.423 e. The van der Waals surface area contributed by atoms with Crippen LogP contribution in [0.5, 0.6) is 0 Å². The summed E-state index contributed by atoms with van der Waals surface area (Å²) in [5.74, 6) is 0. The van der Waals surface area contributed by atoms with Gasteiger partial charge in [0.2, 0.25) is 0 Å². The zero-order valence-corrected chi connectivity index (χ0v) is 27.4. The highest BCUT2D eigenvalue weighted by atomic mass is 16.4.